The zero-order chi connectivity index (χ0) is 14.7. The maximum atomic E-state index is 11.2. The fourth-order valence-corrected chi connectivity index (χ4v) is 2.38. The lowest BCUT2D eigenvalue weighted by Crippen LogP contribution is -2.37. The molecule has 1 heterocycles. The van der Waals surface area contributed by atoms with Gasteiger partial charge in [0, 0.05) is 19.0 Å². The summed E-state index contributed by atoms with van der Waals surface area (Å²) < 4.78 is 1.82. The first-order chi connectivity index (χ1) is 9.49. The molecule has 0 radical (unpaired) electrons. The highest BCUT2D eigenvalue weighted by atomic mass is 16.4. The van der Waals surface area contributed by atoms with Crippen LogP contribution in [0.4, 0.5) is 0 Å². The van der Waals surface area contributed by atoms with Crippen molar-refractivity contribution in [2.45, 2.75) is 32.9 Å². The van der Waals surface area contributed by atoms with Crippen LogP contribution in [0.1, 0.15) is 26.0 Å². The molecule has 0 aliphatic heterocycles. The molecular formula is C15H21N3O2. The number of carbonyl (C=O) groups is 1. The summed E-state index contributed by atoms with van der Waals surface area (Å²) in [4.78, 5) is 11.2. The Morgan fingerprint density at radius 3 is 2.75 bits per heavy atom. The van der Waals surface area contributed by atoms with Crippen LogP contribution in [-0.2, 0) is 18.4 Å². The second-order valence-electron chi connectivity index (χ2n) is 5.49. The van der Waals surface area contributed by atoms with Crippen molar-refractivity contribution in [3.05, 3.63) is 30.0 Å². The van der Waals surface area contributed by atoms with Gasteiger partial charge in [-0.3, -0.25) is 14.8 Å². The molecule has 0 saturated heterocycles. The summed E-state index contributed by atoms with van der Waals surface area (Å²) in [7, 11) is 1.90. The van der Waals surface area contributed by atoms with Crippen molar-refractivity contribution in [2.75, 3.05) is 0 Å². The van der Waals surface area contributed by atoms with Crippen LogP contribution in [-0.4, -0.2) is 26.9 Å². The van der Waals surface area contributed by atoms with Gasteiger partial charge in [0.05, 0.1) is 11.2 Å². The van der Waals surface area contributed by atoms with Gasteiger partial charge in [-0.1, -0.05) is 32.0 Å². The Hall–Kier alpha value is -1.88. The summed E-state index contributed by atoms with van der Waals surface area (Å²) in [5, 5.41) is 17.9. The van der Waals surface area contributed by atoms with Gasteiger partial charge in [-0.05, 0) is 18.4 Å². The van der Waals surface area contributed by atoms with E-state index in [1.807, 2.05) is 49.8 Å². The summed E-state index contributed by atoms with van der Waals surface area (Å²) in [6.07, 6.45) is 0.611. The van der Waals surface area contributed by atoms with E-state index in [1.165, 1.54) is 0 Å². The standard InChI is InChI=1S/C15H21N3O2/c1-10(2)8-12(15(19)20)16-9-13-11-6-4-5-7-14(11)18(3)17-13/h4-7,10,12,16H,8-9H2,1-3H3,(H,19,20). The fraction of sp³-hybridized carbons (Fsp3) is 0.467. The van der Waals surface area contributed by atoms with Gasteiger partial charge in [0.25, 0.3) is 0 Å². The lowest BCUT2D eigenvalue weighted by atomic mass is 10.0. The van der Waals surface area contributed by atoms with Crippen LogP contribution in [0.3, 0.4) is 0 Å². The van der Waals surface area contributed by atoms with E-state index in [4.69, 9.17) is 0 Å². The fourth-order valence-electron chi connectivity index (χ4n) is 2.38. The number of carboxylic acids is 1. The minimum atomic E-state index is -0.807. The Balaban J connectivity index is 2.14. The Labute approximate surface area is 118 Å². The number of hydrogen-bond donors (Lipinski definition) is 2. The maximum Gasteiger partial charge on any atom is 0.320 e. The van der Waals surface area contributed by atoms with Gasteiger partial charge < -0.3 is 5.11 Å². The van der Waals surface area contributed by atoms with E-state index in [2.05, 4.69) is 10.4 Å². The summed E-state index contributed by atoms with van der Waals surface area (Å²) in [6, 6.07) is 7.43. The van der Waals surface area contributed by atoms with Crippen LogP contribution in [0.15, 0.2) is 24.3 Å². The Morgan fingerprint density at radius 2 is 2.10 bits per heavy atom. The molecule has 2 aromatic rings. The molecule has 0 saturated carbocycles. The highest BCUT2D eigenvalue weighted by molar-refractivity contribution is 5.82. The molecule has 0 aliphatic carbocycles. The van der Waals surface area contributed by atoms with Crippen LogP contribution in [0, 0.1) is 5.92 Å². The molecular weight excluding hydrogens is 254 g/mol. The van der Waals surface area contributed by atoms with E-state index in [1.54, 1.807) is 0 Å². The zero-order valence-electron chi connectivity index (χ0n) is 12.1. The molecule has 0 aliphatic rings. The molecule has 20 heavy (non-hydrogen) atoms. The normalized spacial score (nSPS) is 13.0. The van der Waals surface area contributed by atoms with Crippen LogP contribution >= 0.6 is 0 Å². The maximum absolute atomic E-state index is 11.2. The van der Waals surface area contributed by atoms with Gasteiger partial charge in [0.1, 0.15) is 6.04 Å². The lowest BCUT2D eigenvalue weighted by molar-refractivity contribution is -0.140. The zero-order valence-corrected chi connectivity index (χ0v) is 12.1. The van der Waals surface area contributed by atoms with E-state index in [0.29, 0.717) is 18.9 Å². The number of fused-ring (bicyclic) bond motifs is 1. The smallest absolute Gasteiger partial charge is 0.320 e. The SMILES string of the molecule is CC(C)CC(NCc1nn(C)c2ccccc12)C(=O)O. The summed E-state index contributed by atoms with van der Waals surface area (Å²) >= 11 is 0. The van der Waals surface area contributed by atoms with Gasteiger partial charge in [0.2, 0.25) is 0 Å². The molecule has 1 aromatic heterocycles. The summed E-state index contributed by atoms with van der Waals surface area (Å²) in [5.74, 6) is -0.469. The third-order valence-corrected chi connectivity index (χ3v) is 3.36. The average Bonchev–Trinajstić information content (AvgIpc) is 2.71. The minimum Gasteiger partial charge on any atom is -0.480 e. The third kappa shape index (κ3) is 3.17. The van der Waals surface area contributed by atoms with Crippen molar-refractivity contribution in [2.24, 2.45) is 13.0 Å². The highest BCUT2D eigenvalue weighted by Crippen LogP contribution is 2.17. The van der Waals surface area contributed by atoms with Crippen molar-refractivity contribution in [1.82, 2.24) is 15.1 Å². The van der Waals surface area contributed by atoms with Crippen molar-refractivity contribution in [3.63, 3.8) is 0 Å². The topological polar surface area (TPSA) is 67.2 Å². The van der Waals surface area contributed by atoms with Crippen molar-refractivity contribution >= 4 is 16.9 Å². The molecule has 2 N–H and O–H groups in total. The van der Waals surface area contributed by atoms with Crippen LogP contribution < -0.4 is 5.32 Å². The molecule has 1 aromatic carbocycles. The number of aliphatic carboxylic acids is 1. The third-order valence-electron chi connectivity index (χ3n) is 3.36. The largest absolute Gasteiger partial charge is 0.480 e. The Kier molecular flexibility index (Phi) is 4.39. The minimum absolute atomic E-state index is 0.337. The molecule has 0 amide bonds. The molecule has 1 atom stereocenters. The molecule has 1 unspecified atom stereocenters. The first-order valence-corrected chi connectivity index (χ1v) is 6.86. The molecule has 108 valence electrons. The number of nitrogens with one attached hydrogen (secondary N) is 1. The molecule has 0 bridgehead atoms. The average molecular weight is 275 g/mol. The van der Waals surface area contributed by atoms with E-state index >= 15 is 0 Å². The van der Waals surface area contributed by atoms with E-state index in [-0.39, 0.29) is 0 Å². The second kappa shape index (κ2) is 6.05. The molecule has 2 rings (SSSR count). The first kappa shape index (κ1) is 14.5. The number of para-hydroxylation sites is 1. The van der Waals surface area contributed by atoms with Crippen molar-refractivity contribution in [1.29, 1.82) is 0 Å². The van der Waals surface area contributed by atoms with Gasteiger partial charge >= 0.3 is 5.97 Å². The number of carboxylic acid groups (broad SMARTS) is 1. The number of benzene rings is 1. The first-order valence-electron chi connectivity index (χ1n) is 6.86. The van der Waals surface area contributed by atoms with Gasteiger partial charge in [0.15, 0.2) is 0 Å². The highest BCUT2D eigenvalue weighted by Gasteiger charge is 2.19. The quantitative estimate of drug-likeness (QED) is 0.848. The predicted molar refractivity (Wildman–Crippen MR) is 78.4 cm³/mol. The molecule has 5 heteroatoms. The van der Waals surface area contributed by atoms with E-state index in [0.717, 1.165) is 16.6 Å². The molecule has 0 fully saturated rings. The van der Waals surface area contributed by atoms with Crippen LogP contribution in [0.2, 0.25) is 0 Å². The molecule has 0 spiro atoms. The van der Waals surface area contributed by atoms with Crippen LogP contribution in [0.25, 0.3) is 10.9 Å². The lowest BCUT2D eigenvalue weighted by Gasteiger charge is -2.15. The Morgan fingerprint density at radius 1 is 1.40 bits per heavy atom. The molecule has 5 nitrogen and oxygen atoms in total. The number of aromatic nitrogens is 2. The van der Waals surface area contributed by atoms with Gasteiger partial charge in [-0.15, -0.1) is 0 Å². The number of aryl methyl sites for hydroxylation is 1. The predicted octanol–water partition coefficient (Wildman–Crippen LogP) is 2.16. The summed E-state index contributed by atoms with van der Waals surface area (Å²) in [6.45, 7) is 4.51. The number of rotatable bonds is 6. The van der Waals surface area contributed by atoms with E-state index < -0.39 is 12.0 Å². The number of nitrogens with zero attached hydrogens (tertiary/aromatic N) is 2. The monoisotopic (exact) mass is 275 g/mol. The van der Waals surface area contributed by atoms with Gasteiger partial charge in [-0.2, -0.15) is 5.10 Å². The van der Waals surface area contributed by atoms with Crippen molar-refractivity contribution in [3.8, 4) is 0 Å². The Bertz CT molecular complexity index is 604. The van der Waals surface area contributed by atoms with Crippen LogP contribution in [0.5, 0.6) is 0 Å². The van der Waals surface area contributed by atoms with Gasteiger partial charge in [-0.25, -0.2) is 0 Å². The summed E-state index contributed by atoms with van der Waals surface area (Å²) in [5.41, 5.74) is 1.94. The number of hydrogen-bond acceptors (Lipinski definition) is 3. The van der Waals surface area contributed by atoms with Crippen molar-refractivity contribution < 1.29 is 9.90 Å². The van der Waals surface area contributed by atoms with E-state index in [9.17, 15) is 9.90 Å². The second-order valence-corrected chi connectivity index (χ2v) is 5.49.